The molecule has 13 heteroatoms. The number of hydrogen-bond acceptors (Lipinski definition) is 8. The number of sulfonamides is 1. The van der Waals surface area contributed by atoms with Gasteiger partial charge in [-0.3, -0.25) is 9.59 Å². The number of carbonyl (C=O) groups excluding carboxylic acids is 2. The van der Waals surface area contributed by atoms with E-state index in [9.17, 15) is 18.0 Å². The summed E-state index contributed by atoms with van der Waals surface area (Å²) in [6.45, 7) is 9.82. The Bertz CT molecular complexity index is 1260. The van der Waals surface area contributed by atoms with Gasteiger partial charge in [-0.1, -0.05) is 17.7 Å². The Balaban J connectivity index is 2.49. The Labute approximate surface area is 209 Å². The van der Waals surface area contributed by atoms with Crippen molar-refractivity contribution in [3.63, 3.8) is 0 Å². The average molecular weight is 528 g/mol. The van der Waals surface area contributed by atoms with E-state index in [4.69, 9.17) is 32.5 Å². The normalized spacial score (nSPS) is 13.2. The van der Waals surface area contributed by atoms with Gasteiger partial charge in [-0.15, -0.1) is 0 Å². The van der Waals surface area contributed by atoms with E-state index in [0.717, 1.165) is 0 Å². The van der Waals surface area contributed by atoms with E-state index in [0.29, 0.717) is 5.39 Å². The van der Waals surface area contributed by atoms with Crippen molar-refractivity contribution in [3.05, 3.63) is 29.4 Å². The van der Waals surface area contributed by atoms with Gasteiger partial charge in [-0.2, -0.15) is 9.71 Å². The van der Waals surface area contributed by atoms with E-state index in [1.165, 1.54) is 24.4 Å². The van der Waals surface area contributed by atoms with Crippen LogP contribution >= 0.6 is 11.6 Å². The number of rotatable bonds is 7. The summed E-state index contributed by atoms with van der Waals surface area (Å²) in [7, 11) is -4.34. The number of nitrogens with zero attached hydrogens (tertiary/aromatic N) is 2. The lowest BCUT2D eigenvalue weighted by molar-refractivity contribution is -0.164. The number of esters is 2. The minimum Gasteiger partial charge on any atom is -0.460 e. The topological polar surface area (TPSA) is 176 Å². The first-order valence-corrected chi connectivity index (χ1v) is 12.4. The molecule has 5 N–H and O–H groups in total. The molecule has 0 spiro atoms. The average Bonchev–Trinajstić information content (AvgIpc) is 2.66. The van der Waals surface area contributed by atoms with Gasteiger partial charge in [0.2, 0.25) is 10.0 Å². The molecule has 1 aromatic carbocycles. The van der Waals surface area contributed by atoms with Crippen molar-refractivity contribution in [2.45, 2.75) is 70.1 Å². The fourth-order valence-corrected chi connectivity index (χ4v) is 4.33. The van der Waals surface area contributed by atoms with Crippen LogP contribution in [0.2, 0.25) is 5.02 Å². The van der Waals surface area contributed by atoms with Crippen molar-refractivity contribution in [2.75, 3.05) is 0 Å². The van der Waals surface area contributed by atoms with Crippen LogP contribution in [-0.4, -0.2) is 48.5 Å². The Kier molecular flexibility index (Phi) is 8.36. The van der Waals surface area contributed by atoms with Crippen LogP contribution < -0.4 is 16.2 Å². The summed E-state index contributed by atoms with van der Waals surface area (Å²) in [6.07, 6.45) is 0.753. The zero-order valence-corrected chi connectivity index (χ0v) is 22.0. The molecule has 1 aromatic heterocycles. The molecule has 35 heavy (non-hydrogen) atoms. The summed E-state index contributed by atoms with van der Waals surface area (Å²) in [5, 5.41) is 0.968. The van der Waals surface area contributed by atoms with Gasteiger partial charge in [0.05, 0.1) is 16.3 Å². The minimum atomic E-state index is -4.34. The summed E-state index contributed by atoms with van der Waals surface area (Å²) in [6, 6.07) is 2.46. The first-order chi connectivity index (χ1) is 15.9. The predicted octanol–water partition coefficient (Wildman–Crippen LogP) is 2.51. The molecule has 0 bridgehead atoms. The van der Waals surface area contributed by atoms with Crippen LogP contribution in [0, 0.1) is 0 Å². The molecule has 0 aliphatic carbocycles. The highest BCUT2D eigenvalue weighted by Crippen LogP contribution is 2.31. The van der Waals surface area contributed by atoms with Gasteiger partial charge in [0.15, 0.2) is 11.8 Å². The number of nitrogens with one attached hydrogen (secondary N) is 1. The maximum atomic E-state index is 13.2. The first-order valence-electron chi connectivity index (χ1n) is 10.5. The van der Waals surface area contributed by atoms with Gasteiger partial charge in [0.1, 0.15) is 17.2 Å². The first kappa shape index (κ1) is 28.3. The number of fused-ring (bicyclic) bond motifs is 1. The Morgan fingerprint density at radius 3 is 2.23 bits per heavy atom. The zero-order chi connectivity index (χ0) is 26.8. The van der Waals surface area contributed by atoms with E-state index >= 15 is 0 Å². The third-order valence-corrected chi connectivity index (χ3v) is 5.88. The maximum absolute atomic E-state index is 13.2. The number of aliphatic imine (C=N–C) groups is 1. The second-order valence-electron chi connectivity index (χ2n) is 9.67. The fourth-order valence-electron chi connectivity index (χ4n) is 2.90. The number of guanidine groups is 1. The largest absolute Gasteiger partial charge is 0.460 e. The van der Waals surface area contributed by atoms with E-state index in [1.807, 2.05) is 0 Å². The monoisotopic (exact) mass is 527 g/mol. The SMILES string of the molecule is CC(C)(C)OC(=O)C[C@H](NS(=O)(=O)c1ccc2c(Cl)cnc(N=C(N)N)c2c1)C(=O)OC(C)(C)C. The number of hydrogen-bond donors (Lipinski definition) is 3. The lowest BCUT2D eigenvalue weighted by atomic mass is 10.1. The summed E-state index contributed by atoms with van der Waals surface area (Å²) < 4.78 is 39.3. The van der Waals surface area contributed by atoms with Crippen LogP contribution in [-0.2, 0) is 29.1 Å². The van der Waals surface area contributed by atoms with Crippen molar-refractivity contribution in [2.24, 2.45) is 16.5 Å². The summed E-state index contributed by atoms with van der Waals surface area (Å²) in [4.78, 5) is 32.9. The van der Waals surface area contributed by atoms with Crippen LogP contribution in [0.5, 0.6) is 0 Å². The van der Waals surface area contributed by atoms with Crippen molar-refractivity contribution in [1.82, 2.24) is 9.71 Å². The standard InChI is InChI=1S/C22H30ClN5O6S/c1-21(2,3)33-17(29)10-16(19(30)34-22(4,5)6)28-35(31,32)12-7-8-13-14(9-12)18(27-20(24)25)26-11-15(13)23/h7-9,11,16,28H,10H2,1-6H3,(H4,24,25,26,27)/t16-/m0/s1. The van der Waals surface area contributed by atoms with Gasteiger partial charge in [0.25, 0.3) is 0 Å². The quantitative estimate of drug-likeness (QED) is 0.277. The van der Waals surface area contributed by atoms with Gasteiger partial charge in [-0.05, 0) is 53.7 Å². The molecule has 1 atom stereocenters. The maximum Gasteiger partial charge on any atom is 0.325 e. The van der Waals surface area contributed by atoms with Crippen LogP contribution in [0.3, 0.4) is 0 Å². The highest BCUT2D eigenvalue weighted by Gasteiger charge is 2.33. The summed E-state index contributed by atoms with van der Waals surface area (Å²) in [5.41, 5.74) is 9.14. The molecule has 2 rings (SSSR count). The molecule has 11 nitrogen and oxygen atoms in total. The Hall–Kier alpha value is -2.96. The highest BCUT2D eigenvalue weighted by atomic mass is 35.5. The number of halogens is 1. The number of benzene rings is 1. The Morgan fingerprint density at radius 1 is 1.09 bits per heavy atom. The van der Waals surface area contributed by atoms with E-state index in [2.05, 4.69) is 14.7 Å². The van der Waals surface area contributed by atoms with Gasteiger partial charge >= 0.3 is 11.9 Å². The van der Waals surface area contributed by atoms with E-state index in [1.54, 1.807) is 41.5 Å². The number of aromatic nitrogens is 1. The number of ether oxygens (including phenoxy) is 2. The summed E-state index contributed by atoms with van der Waals surface area (Å²) >= 11 is 6.18. The minimum absolute atomic E-state index is 0.0545. The van der Waals surface area contributed by atoms with Crippen LogP contribution in [0.25, 0.3) is 10.8 Å². The van der Waals surface area contributed by atoms with Gasteiger partial charge in [0, 0.05) is 17.0 Å². The molecule has 0 saturated carbocycles. The fraction of sp³-hybridized carbons (Fsp3) is 0.455. The highest BCUT2D eigenvalue weighted by molar-refractivity contribution is 7.89. The van der Waals surface area contributed by atoms with Crippen LogP contribution in [0.4, 0.5) is 5.82 Å². The van der Waals surface area contributed by atoms with Crippen LogP contribution in [0.15, 0.2) is 34.3 Å². The van der Waals surface area contributed by atoms with Gasteiger partial charge in [-0.25, -0.2) is 13.4 Å². The molecule has 1 heterocycles. The molecular formula is C22H30ClN5O6S. The molecule has 0 aliphatic rings. The number of pyridine rings is 1. The lowest BCUT2D eigenvalue weighted by Gasteiger charge is -2.25. The molecule has 0 unspecified atom stereocenters. The predicted molar refractivity (Wildman–Crippen MR) is 133 cm³/mol. The molecule has 2 aromatic rings. The lowest BCUT2D eigenvalue weighted by Crippen LogP contribution is -2.46. The van der Waals surface area contributed by atoms with Crippen LogP contribution in [0.1, 0.15) is 48.0 Å². The smallest absolute Gasteiger partial charge is 0.325 e. The number of carbonyl (C=O) groups is 2. The third kappa shape index (κ3) is 8.34. The number of nitrogens with two attached hydrogens (primary N) is 2. The molecule has 0 amide bonds. The second kappa shape index (κ2) is 10.3. The third-order valence-electron chi connectivity index (χ3n) is 4.11. The van der Waals surface area contributed by atoms with Crippen molar-refractivity contribution in [3.8, 4) is 0 Å². The Morgan fingerprint density at radius 2 is 1.69 bits per heavy atom. The zero-order valence-electron chi connectivity index (χ0n) is 20.4. The molecule has 192 valence electrons. The van der Waals surface area contributed by atoms with E-state index < -0.39 is 45.6 Å². The van der Waals surface area contributed by atoms with Crippen molar-refractivity contribution >= 4 is 56.1 Å². The molecule has 0 aliphatic heterocycles. The molecule has 0 radical (unpaired) electrons. The summed E-state index contributed by atoms with van der Waals surface area (Å²) in [5.74, 6) is -1.94. The van der Waals surface area contributed by atoms with Crippen molar-refractivity contribution < 1.29 is 27.5 Å². The molecule has 0 fully saturated rings. The van der Waals surface area contributed by atoms with Crippen molar-refractivity contribution in [1.29, 1.82) is 0 Å². The molecular weight excluding hydrogens is 498 g/mol. The van der Waals surface area contributed by atoms with Gasteiger partial charge < -0.3 is 20.9 Å². The van der Waals surface area contributed by atoms with E-state index in [-0.39, 0.29) is 27.1 Å². The second-order valence-corrected chi connectivity index (χ2v) is 11.8. The molecule has 0 saturated heterocycles.